The number of rotatable bonds is 84. The summed E-state index contributed by atoms with van der Waals surface area (Å²) in [5.74, 6) is -1.68. The molecule has 0 aromatic carbocycles. The fourth-order valence-electron chi connectivity index (χ4n) is 11.7. The molecule has 5 atom stereocenters. The molecular weight excluding hydrogens is 1510 g/mol. The molecule has 0 heterocycles. The van der Waals surface area contributed by atoms with Crippen molar-refractivity contribution in [2.75, 3.05) is 39.6 Å². The van der Waals surface area contributed by atoms with Crippen LogP contribution in [0.3, 0.4) is 0 Å². The first-order chi connectivity index (χ1) is 57.2. The minimum absolute atomic E-state index is 0.0268. The molecule has 0 rings (SSSR count). The number of esters is 3. The molecule has 0 bridgehead atoms. The zero-order chi connectivity index (χ0) is 85.1. The van der Waals surface area contributed by atoms with Gasteiger partial charge in [-0.3, -0.25) is 32.5 Å². The Morgan fingerprint density at radius 3 is 0.709 bits per heavy atom. The highest BCUT2D eigenvalue weighted by atomic mass is 31.2. The SMILES string of the molecule is CC/C=C\C/C=C\C/C=C\C/C=C\C/C=C\C/C=C\CCCCCCCCCCCCCCCCC(=O)OCC(O)COP(=O)(O)OCC(O)COP(=O)(O)OCC(COC(=O)CCCCCCCCCCCCCCC/C=C\C/C=C\C/C=C\C/C=C\C/C=C\CC)OC(=O)CC/C=C\C/C=C\C/C=C\C/C=C\C/C=C\C/C=C\CC. The Morgan fingerprint density at radius 1 is 0.239 bits per heavy atom. The Hall–Kier alpha value is -5.87. The molecule has 0 aliphatic rings. The smallest absolute Gasteiger partial charge is 0.463 e. The summed E-state index contributed by atoms with van der Waals surface area (Å²) in [4.78, 5) is 58.9. The van der Waals surface area contributed by atoms with Crippen molar-refractivity contribution in [1.82, 2.24) is 0 Å². The van der Waals surface area contributed by atoms with Gasteiger partial charge in [0.05, 0.1) is 26.4 Å². The summed E-state index contributed by atoms with van der Waals surface area (Å²) < 4.78 is 61.3. The number of aliphatic hydroxyl groups is 2. The number of aliphatic hydroxyl groups excluding tert-OH is 2. The molecule has 4 N–H and O–H groups in total. The molecule has 0 aliphatic carbocycles. The number of phosphoric acid groups is 2. The Labute approximate surface area is 711 Å². The van der Waals surface area contributed by atoms with Gasteiger partial charge in [0, 0.05) is 19.3 Å². The normalized spacial score (nSPS) is 14.8. The topological polar surface area (TPSA) is 231 Å². The summed E-state index contributed by atoms with van der Waals surface area (Å²) in [5.41, 5.74) is 0. The van der Waals surface area contributed by atoms with Crippen molar-refractivity contribution in [3.63, 3.8) is 0 Å². The summed E-state index contributed by atoms with van der Waals surface area (Å²) in [6, 6.07) is 0. The average molecular weight is 1670 g/mol. The van der Waals surface area contributed by atoms with Gasteiger partial charge < -0.3 is 34.2 Å². The van der Waals surface area contributed by atoms with Gasteiger partial charge >= 0.3 is 33.6 Å². The van der Waals surface area contributed by atoms with Crippen molar-refractivity contribution < 1.29 is 75.8 Å². The van der Waals surface area contributed by atoms with Crippen molar-refractivity contribution in [2.45, 2.75) is 360 Å². The van der Waals surface area contributed by atoms with Gasteiger partial charge in [0.1, 0.15) is 25.4 Å². The van der Waals surface area contributed by atoms with Crippen molar-refractivity contribution in [2.24, 2.45) is 0 Å². The summed E-state index contributed by atoms with van der Waals surface area (Å²) in [5, 5.41) is 20.7. The molecule has 0 aliphatic heterocycles. The van der Waals surface area contributed by atoms with Gasteiger partial charge in [-0.05, 0) is 154 Å². The van der Waals surface area contributed by atoms with E-state index in [1.807, 2.05) is 18.2 Å². The molecule has 5 unspecified atom stereocenters. The third-order valence-corrected chi connectivity index (χ3v) is 20.4. The third-order valence-electron chi connectivity index (χ3n) is 18.5. The van der Waals surface area contributed by atoms with E-state index in [2.05, 4.69) is 209 Å². The highest BCUT2D eigenvalue weighted by Gasteiger charge is 2.29. The maximum absolute atomic E-state index is 13.0. The van der Waals surface area contributed by atoms with Crippen LogP contribution in [0.25, 0.3) is 0 Å². The monoisotopic (exact) mass is 1670 g/mol. The molecule has 0 radical (unpaired) electrons. The molecule has 0 aromatic heterocycles. The summed E-state index contributed by atoms with van der Waals surface area (Å²) >= 11 is 0. The number of phosphoric ester groups is 2. The predicted molar refractivity (Wildman–Crippen MR) is 491 cm³/mol. The van der Waals surface area contributed by atoms with Gasteiger partial charge in [-0.1, -0.05) is 375 Å². The second-order valence-electron chi connectivity index (χ2n) is 29.6. The zero-order valence-electron chi connectivity index (χ0n) is 73.0. The minimum atomic E-state index is -4.97. The van der Waals surface area contributed by atoms with Crippen molar-refractivity contribution in [1.29, 1.82) is 0 Å². The Morgan fingerprint density at radius 2 is 0.444 bits per heavy atom. The fraction of sp³-hybridized carbons (Fsp3) is 0.626. The molecule has 18 heteroatoms. The Bertz CT molecular complexity index is 2960. The van der Waals surface area contributed by atoms with E-state index in [0.717, 1.165) is 161 Å². The largest absolute Gasteiger partial charge is 0.472 e. The highest BCUT2D eigenvalue weighted by molar-refractivity contribution is 7.47. The van der Waals surface area contributed by atoms with Gasteiger partial charge in [0.15, 0.2) is 6.10 Å². The number of hydrogen-bond acceptors (Lipinski definition) is 14. The van der Waals surface area contributed by atoms with E-state index in [1.165, 1.54) is 116 Å². The van der Waals surface area contributed by atoms with E-state index in [9.17, 15) is 43.5 Å². The van der Waals surface area contributed by atoms with Crippen molar-refractivity contribution in [3.8, 4) is 0 Å². The maximum atomic E-state index is 13.0. The molecule has 0 saturated carbocycles. The molecule has 16 nitrogen and oxygen atoms in total. The summed E-state index contributed by atoms with van der Waals surface area (Å²) in [6.07, 6.45) is 120. The average Bonchev–Trinajstić information content (AvgIpc) is 0.901. The van der Waals surface area contributed by atoms with Crippen LogP contribution in [0.4, 0.5) is 0 Å². The van der Waals surface area contributed by atoms with Crippen LogP contribution in [-0.2, 0) is 55.8 Å². The molecule has 0 aromatic rings. The Balaban J connectivity index is 4.59. The molecular formula is C99H162O16P2. The molecule has 0 fully saturated rings. The zero-order valence-corrected chi connectivity index (χ0v) is 74.8. The lowest BCUT2D eigenvalue weighted by Gasteiger charge is -2.21. The quantitative estimate of drug-likeness (QED) is 0.0146. The number of carbonyl (C=O) groups excluding carboxylic acids is 3. The van der Waals surface area contributed by atoms with E-state index in [0.29, 0.717) is 25.7 Å². The van der Waals surface area contributed by atoms with Crippen LogP contribution in [0, 0.1) is 0 Å². The van der Waals surface area contributed by atoms with Crippen molar-refractivity contribution >= 4 is 33.6 Å². The van der Waals surface area contributed by atoms with Crippen LogP contribution >= 0.6 is 15.6 Å². The lowest BCUT2D eigenvalue weighted by atomic mass is 10.0. The van der Waals surface area contributed by atoms with E-state index in [4.69, 9.17) is 32.3 Å². The highest BCUT2D eigenvalue weighted by Crippen LogP contribution is 2.45. The van der Waals surface area contributed by atoms with Crippen LogP contribution in [0.1, 0.15) is 342 Å². The van der Waals surface area contributed by atoms with E-state index < -0.39 is 91.5 Å². The van der Waals surface area contributed by atoms with E-state index in [-0.39, 0.29) is 19.3 Å². The Kier molecular flexibility index (Phi) is 84.9. The van der Waals surface area contributed by atoms with E-state index >= 15 is 0 Å². The van der Waals surface area contributed by atoms with Crippen molar-refractivity contribution in [3.05, 3.63) is 207 Å². The molecule has 0 spiro atoms. The van der Waals surface area contributed by atoms with Crippen LogP contribution in [0.2, 0.25) is 0 Å². The lowest BCUT2D eigenvalue weighted by Crippen LogP contribution is -2.29. The van der Waals surface area contributed by atoms with Crippen LogP contribution < -0.4 is 0 Å². The number of ether oxygens (including phenoxy) is 3. The molecule has 0 saturated heterocycles. The van der Waals surface area contributed by atoms with Gasteiger partial charge in [0.25, 0.3) is 0 Å². The number of carbonyl (C=O) groups is 3. The third kappa shape index (κ3) is 90.7. The second-order valence-corrected chi connectivity index (χ2v) is 32.5. The van der Waals surface area contributed by atoms with E-state index in [1.54, 1.807) is 0 Å². The van der Waals surface area contributed by atoms with Crippen LogP contribution in [0.15, 0.2) is 207 Å². The standard InChI is InChI=1S/C99H162O16P2/c1-4-7-10-13-16-19-22-25-28-31-34-36-38-40-42-44-45-46-47-49-51-52-54-56-59-61-64-67-70-73-76-79-82-85-97(102)109-88-94(100)89-111-116(105,106)112-90-95(101)91-113-117(107,108)114-93-96(115-99(104)87-84-81-78-75-72-69-66-63-58-33-30-27-24-21-18-15-12-9-6-3)92-110-98(103)86-83-80-77-74-71-68-65-62-60-57-55-53-50-48-43-41-39-37-35-32-29-26-23-20-17-14-11-8-5-2/h7-12,16-21,25-30,34-37,40-43,45-46,58,63,69,72,78,81,94-96,100-101H,4-6,13-15,22-24,31-33,38-39,44,47-57,59-62,64-68,70-71,73-77,79-80,82-93H2,1-3H3,(H,105,106)(H,107,108)/b10-7-,11-8-,12-9-,19-16-,20-17-,21-18-,28-25-,29-26-,30-27-,36-34-,37-35-,42-40-,43-41-,46-45-,63-58-,72-69-,81-78-. The second kappa shape index (κ2) is 89.4. The van der Waals surface area contributed by atoms with Gasteiger partial charge in [-0.25, -0.2) is 9.13 Å². The van der Waals surface area contributed by atoms with Gasteiger partial charge in [-0.2, -0.15) is 0 Å². The lowest BCUT2D eigenvalue weighted by molar-refractivity contribution is -0.161. The van der Waals surface area contributed by atoms with Crippen LogP contribution in [0.5, 0.6) is 0 Å². The molecule has 664 valence electrons. The molecule has 0 amide bonds. The number of allylic oxidation sites excluding steroid dienone is 34. The first-order valence-corrected chi connectivity index (χ1v) is 48.4. The minimum Gasteiger partial charge on any atom is -0.463 e. The van der Waals surface area contributed by atoms with Crippen LogP contribution in [-0.4, -0.2) is 95.9 Å². The first kappa shape index (κ1) is 111. The predicted octanol–water partition coefficient (Wildman–Crippen LogP) is 28.0. The summed E-state index contributed by atoms with van der Waals surface area (Å²) in [7, 11) is -9.84. The molecule has 117 heavy (non-hydrogen) atoms. The fourth-order valence-corrected chi connectivity index (χ4v) is 13.3. The first-order valence-electron chi connectivity index (χ1n) is 45.4. The number of unbranched alkanes of at least 4 members (excludes halogenated alkanes) is 27. The number of hydrogen-bond donors (Lipinski definition) is 4. The van der Waals surface area contributed by atoms with Gasteiger partial charge in [-0.15, -0.1) is 0 Å². The maximum Gasteiger partial charge on any atom is 0.472 e. The van der Waals surface area contributed by atoms with Gasteiger partial charge in [0.2, 0.25) is 0 Å². The summed E-state index contributed by atoms with van der Waals surface area (Å²) in [6.45, 7) is 2.26.